The minimum absolute atomic E-state index is 0.0367. The molecule has 0 aliphatic heterocycles. The van der Waals surface area contributed by atoms with E-state index in [9.17, 15) is 20.0 Å². The van der Waals surface area contributed by atoms with Crippen LogP contribution in [0.2, 0.25) is 5.02 Å². The standard InChI is InChI=1S/C9H10ClN3O5/c1-9(16,8(14)15)4-12-7-6(10)2-5(3-11-7)13(17)18/h2-3,16H,4H2,1H3,(H,11,12)(H,14,15). The quantitative estimate of drug-likeness (QED) is 0.538. The van der Waals surface area contributed by atoms with Crippen molar-refractivity contribution in [1.29, 1.82) is 0 Å². The smallest absolute Gasteiger partial charge is 0.337 e. The molecular formula is C9H10ClN3O5. The lowest BCUT2D eigenvalue weighted by atomic mass is 10.1. The topological polar surface area (TPSA) is 126 Å². The summed E-state index contributed by atoms with van der Waals surface area (Å²) in [6.45, 7) is 0.758. The fourth-order valence-electron chi connectivity index (χ4n) is 0.989. The number of rotatable bonds is 5. The van der Waals surface area contributed by atoms with Gasteiger partial charge in [0.05, 0.1) is 16.5 Å². The third-order valence-electron chi connectivity index (χ3n) is 2.10. The fourth-order valence-corrected chi connectivity index (χ4v) is 1.22. The summed E-state index contributed by atoms with van der Waals surface area (Å²) < 4.78 is 0. The number of aromatic nitrogens is 1. The Morgan fingerprint density at radius 3 is 2.78 bits per heavy atom. The molecule has 98 valence electrons. The molecule has 1 rings (SSSR count). The molecule has 8 nitrogen and oxygen atoms in total. The molecule has 0 aliphatic rings. The highest BCUT2D eigenvalue weighted by Gasteiger charge is 2.30. The number of nitrogens with zero attached hydrogens (tertiary/aromatic N) is 2. The molecule has 1 unspecified atom stereocenters. The number of aliphatic carboxylic acids is 1. The summed E-state index contributed by atoms with van der Waals surface area (Å²) in [5.74, 6) is -1.35. The van der Waals surface area contributed by atoms with Crippen LogP contribution in [-0.4, -0.2) is 38.2 Å². The van der Waals surface area contributed by atoms with Crippen LogP contribution in [0.5, 0.6) is 0 Å². The van der Waals surface area contributed by atoms with E-state index in [0.29, 0.717) is 0 Å². The van der Waals surface area contributed by atoms with E-state index < -0.39 is 16.5 Å². The third kappa shape index (κ3) is 3.28. The molecule has 18 heavy (non-hydrogen) atoms. The SMILES string of the molecule is CC(O)(CNc1ncc([N+](=O)[O-])cc1Cl)C(=O)O. The molecule has 0 radical (unpaired) electrons. The molecule has 1 heterocycles. The van der Waals surface area contributed by atoms with Crippen molar-refractivity contribution in [3.8, 4) is 0 Å². The van der Waals surface area contributed by atoms with Crippen molar-refractivity contribution in [2.75, 3.05) is 11.9 Å². The predicted octanol–water partition coefficient (Wildman–Crippen LogP) is 0.891. The Bertz CT molecular complexity index is 491. The minimum Gasteiger partial charge on any atom is -0.479 e. The number of hydrogen-bond acceptors (Lipinski definition) is 6. The molecule has 0 saturated heterocycles. The lowest BCUT2D eigenvalue weighted by Crippen LogP contribution is -2.42. The number of carboxylic acid groups (broad SMARTS) is 1. The van der Waals surface area contributed by atoms with Crippen molar-refractivity contribution in [1.82, 2.24) is 4.98 Å². The van der Waals surface area contributed by atoms with Gasteiger partial charge in [-0.1, -0.05) is 11.6 Å². The summed E-state index contributed by atoms with van der Waals surface area (Å²) in [6, 6.07) is 1.08. The van der Waals surface area contributed by atoms with Crippen LogP contribution in [0.1, 0.15) is 6.92 Å². The van der Waals surface area contributed by atoms with E-state index >= 15 is 0 Å². The largest absolute Gasteiger partial charge is 0.479 e. The maximum atomic E-state index is 10.6. The number of carbonyl (C=O) groups is 1. The molecule has 0 fully saturated rings. The summed E-state index contributed by atoms with van der Waals surface area (Å²) in [6.07, 6.45) is 0.976. The van der Waals surface area contributed by atoms with Gasteiger partial charge in [0.2, 0.25) is 0 Å². The molecule has 9 heteroatoms. The van der Waals surface area contributed by atoms with E-state index in [1.54, 1.807) is 0 Å². The summed E-state index contributed by atoms with van der Waals surface area (Å²) >= 11 is 5.72. The van der Waals surface area contributed by atoms with Crippen LogP contribution in [0, 0.1) is 10.1 Å². The highest BCUT2D eigenvalue weighted by atomic mass is 35.5. The van der Waals surface area contributed by atoms with Gasteiger partial charge in [0.25, 0.3) is 5.69 Å². The Kier molecular flexibility index (Phi) is 4.04. The fraction of sp³-hybridized carbons (Fsp3) is 0.333. The first-order valence-electron chi connectivity index (χ1n) is 4.73. The van der Waals surface area contributed by atoms with E-state index in [0.717, 1.165) is 19.2 Å². The van der Waals surface area contributed by atoms with Crippen LogP contribution in [0.3, 0.4) is 0 Å². The van der Waals surface area contributed by atoms with Crippen LogP contribution >= 0.6 is 11.6 Å². The van der Waals surface area contributed by atoms with Crippen LogP contribution < -0.4 is 5.32 Å². The lowest BCUT2D eigenvalue weighted by Gasteiger charge is -2.18. The van der Waals surface area contributed by atoms with E-state index in [2.05, 4.69) is 10.3 Å². The second kappa shape index (κ2) is 5.15. The molecule has 0 spiro atoms. The average Bonchev–Trinajstić information content (AvgIpc) is 2.26. The maximum Gasteiger partial charge on any atom is 0.337 e. The van der Waals surface area contributed by atoms with Crippen molar-refractivity contribution >= 4 is 29.1 Å². The Labute approximate surface area is 106 Å². The summed E-state index contributed by atoms with van der Waals surface area (Å²) in [5.41, 5.74) is -2.28. The van der Waals surface area contributed by atoms with Gasteiger partial charge in [0.1, 0.15) is 12.0 Å². The first kappa shape index (κ1) is 14.1. The molecule has 1 aromatic rings. The molecule has 3 N–H and O–H groups in total. The Hall–Kier alpha value is -1.93. The van der Waals surface area contributed by atoms with E-state index in [1.807, 2.05) is 0 Å². The number of nitrogens with one attached hydrogen (secondary N) is 1. The Morgan fingerprint density at radius 2 is 2.33 bits per heavy atom. The average molecular weight is 276 g/mol. The normalized spacial score (nSPS) is 13.7. The monoisotopic (exact) mass is 275 g/mol. The minimum atomic E-state index is -1.99. The first-order valence-corrected chi connectivity index (χ1v) is 5.11. The molecule has 0 amide bonds. The number of pyridine rings is 1. The zero-order valence-electron chi connectivity index (χ0n) is 9.25. The first-order chi connectivity index (χ1) is 8.24. The molecule has 1 aromatic heterocycles. The summed E-state index contributed by atoms with van der Waals surface area (Å²) in [7, 11) is 0. The molecular weight excluding hydrogens is 266 g/mol. The Balaban J connectivity index is 2.81. The van der Waals surface area contributed by atoms with Crippen molar-refractivity contribution in [2.24, 2.45) is 0 Å². The van der Waals surface area contributed by atoms with Crippen molar-refractivity contribution in [2.45, 2.75) is 12.5 Å². The number of anilines is 1. The van der Waals surface area contributed by atoms with E-state index in [4.69, 9.17) is 16.7 Å². The van der Waals surface area contributed by atoms with Crippen molar-refractivity contribution in [3.05, 3.63) is 27.4 Å². The third-order valence-corrected chi connectivity index (χ3v) is 2.39. The van der Waals surface area contributed by atoms with Gasteiger partial charge >= 0.3 is 5.97 Å². The zero-order chi connectivity index (χ0) is 13.9. The molecule has 0 saturated carbocycles. The number of halogens is 1. The number of hydrogen-bond donors (Lipinski definition) is 3. The second-order valence-electron chi connectivity index (χ2n) is 3.71. The van der Waals surface area contributed by atoms with Crippen molar-refractivity contribution in [3.63, 3.8) is 0 Å². The van der Waals surface area contributed by atoms with Gasteiger partial charge in [-0.05, 0) is 6.92 Å². The van der Waals surface area contributed by atoms with E-state index in [-0.39, 0.29) is 23.1 Å². The van der Waals surface area contributed by atoms with Gasteiger partial charge in [-0.15, -0.1) is 0 Å². The number of nitro groups is 1. The number of carboxylic acids is 1. The summed E-state index contributed by atoms with van der Waals surface area (Å²) in [4.78, 5) is 24.1. The van der Waals surface area contributed by atoms with Gasteiger partial charge in [0.15, 0.2) is 5.60 Å². The number of aliphatic hydroxyl groups is 1. The van der Waals surface area contributed by atoms with Crippen LogP contribution in [0.15, 0.2) is 12.3 Å². The second-order valence-corrected chi connectivity index (χ2v) is 4.12. The predicted molar refractivity (Wildman–Crippen MR) is 62.7 cm³/mol. The summed E-state index contributed by atoms with van der Waals surface area (Å²) in [5, 5.41) is 31.0. The zero-order valence-corrected chi connectivity index (χ0v) is 10.0. The van der Waals surface area contributed by atoms with Gasteiger partial charge in [-0.25, -0.2) is 9.78 Å². The molecule has 0 aromatic carbocycles. The lowest BCUT2D eigenvalue weighted by molar-refractivity contribution is -0.385. The van der Waals surface area contributed by atoms with Gasteiger partial charge in [0, 0.05) is 6.07 Å². The van der Waals surface area contributed by atoms with Crippen LogP contribution in [0.25, 0.3) is 0 Å². The molecule has 0 aliphatic carbocycles. The molecule has 0 bridgehead atoms. The van der Waals surface area contributed by atoms with Gasteiger partial charge in [-0.2, -0.15) is 0 Å². The van der Waals surface area contributed by atoms with Gasteiger partial charge < -0.3 is 15.5 Å². The maximum absolute atomic E-state index is 10.6. The Morgan fingerprint density at radius 1 is 1.72 bits per heavy atom. The van der Waals surface area contributed by atoms with Crippen LogP contribution in [-0.2, 0) is 4.79 Å². The van der Waals surface area contributed by atoms with Gasteiger partial charge in [-0.3, -0.25) is 10.1 Å². The van der Waals surface area contributed by atoms with Crippen molar-refractivity contribution < 1.29 is 19.9 Å². The van der Waals surface area contributed by atoms with E-state index in [1.165, 1.54) is 0 Å². The van der Waals surface area contributed by atoms with Crippen LogP contribution in [0.4, 0.5) is 11.5 Å². The highest BCUT2D eigenvalue weighted by Crippen LogP contribution is 2.24. The molecule has 1 atom stereocenters. The highest BCUT2D eigenvalue weighted by molar-refractivity contribution is 6.33.